The number of hydrogen-bond donors (Lipinski definition) is 2. The summed E-state index contributed by atoms with van der Waals surface area (Å²) < 4.78 is 0. The molecule has 0 saturated carbocycles. The van der Waals surface area contributed by atoms with Crippen LogP contribution in [0.1, 0.15) is 0 Å². The summed E-state index contributed by atoms with van der Waals surface area (Å²) in [4.78, 5) is 16.4. The molecule has 2 aromatic carbocycles. The molecule has 0 aliphatic rings. The van der Waals surface area contributed by atoms with E-state index in [9.17, 15) is 4.79 Å². The van der Waals surface area contributed by atoms with Crippen molar-refractivity contribution in [2.75, 3.05) is 17.2 Å². The van der Waals surface area contributed by atoms with Gasteiger partial charge in [0.15, 0.2) is 0 Å². The SMILES string of the molecule is O=C(CNc1cccc2cccnc12)Nc1cccc(Cl)c1Cl. The van der Waals surface area contributed by atoms with Gasteiger partial charge in [-0.1, -0.05) is 47.5 Å². The summed E-state index contributed by atoms with van der Waals surface area (Å²) in [7, 11) is 0. The number of nitrogens with one attached hydrogen (secondary N) is 2. The van der Waals surface area contributed by atoms with Crippen LogP contribution in [0.4, 0.5) is 11.4 Å². The molecule has 0 bridgehead atoms. The number of halogens is 2. The van der Waals surface area contributed by atoms with Gasteiger partial charge in [0.1, 0.15) is 0 Å². The molecule has 0 fully saturated rings. The molecule has 1 aromatic heterocycles. The molecule has 4 nitrogen and oxygen atoms in total. The fourth-order valence-corrected chi connectivity index (χ4v) is 2.56. The number of anilines is 2. The third-order valence-corrected chi connectivity index (χ3v) is 4.12. The maximum atomic E-state index is 12.1. The highest BCUT2D eigenvalue weighted by molar-refractivity contribution is 6.44. The van der Waals surface area contributed by atoms with E-state index in [0.29, 0.717) is 15.7 Å². The fourth-order valence-electron chi connectivity index (χ4n) is 2.22. The van der Waals surface area contributed by atoms with Crippen LogP contribution in [0.25, 0.3) is 10.9 Å². The van der Waals surface area contributed by atoms with E-state index >= 15 is 0 Å². The lowest BCUT2D eigenvalue weighted by atomic mass is 10.2. The summed E-state index contributed by atoms with van der Waals surface area (Å²) in [5.74, 6) is -0.220. The van der Waals surface area contributed by atoms with E-state index in [1.165, 1.54) is 0 Å². The number of pyridine rings is 1. The van der Waals surface area contributed by atoms with E-state index in [2.05, 4.69) is 15.6 Å². The molecular weight excluding hydrogens is 333 g/mol. The van der Waals surface area contributed by atoms with E-state index in [0.717, 1.165) is 16.6 Å². The van der Waals surface area contributed by atoms with Gasteiger partial charge in [0.2, 0.25) is 5.91 Å². The van der Waals surface area contributed by atoms with Gasteiger partial charge in [0.05, 0.1) is 33.5 Å². The molecule has 3 aromatic rings. The minimum atomic E-state index is -0.220. The Morgan fingerprint density at radius 3 is 2.61 bits per heavy atom. The Morgan fingerprint density at radius 1 is 1.00 bits per heavy atom. The van der Waals surface area contributed by atoms with Crippen molar-refractivity contribution in [2.24, 2.45) is 0 Å². The Balaban J connectivity index is 1.70. The molecule has 0 radical (unpaired) electrons. The number of benzene rings is 2. The number of carbonyl (C=O) groups is 1. The highest BCUT2D eigenvalue weighted by Gasteiger charge is 2.09. The Morgan fingerprint density at radius 2 is 1.74 bits per heavy atom. The molecule has 0 unspecified atom stereocenters. The zero-order valence-electron chi connectivity index (χ0n) is 12.0. The zero-order valence-corrected chi connectivity index (χ0v) is 13.5. The first kappa shape index (κ1) is 15.6. The minimum absolute atomic E-state index is 0.0958. The quantitative estimate of drug-likeness (QED) is 0.726. The van der Waals surface area contributed by atoms with Crippen LogP contribution >= 0.6 is 23.2 Å². The van der Waals surface area contributed by atoms with Gasteiger partial charge in [0.25, 0.3) is 0 Å². The summed E-state index contributed by atoms with van der Waals surface area (Å²) in [6.07, 6.45) is 1.72. The minimum Gasteiger partial charge on any atom is -0.374 e. The third-order valence-electron chi connectivity index (χ3n) is 3.30. The number of para-hydroxylation sites is 1. The summed E-state index contributed by atoms with van der Waals surface area (Å²) in [5.41, 5.74) is 2.11. The largest absolute Gasteiger partial charge is 0.374 e. The number of carbonyl (C=O) groups excluding carboxylic acids is 1. The van der Waals surface area contributed by atoms with Crippen molar-refractivity contribution < 1.29 is 4.79 Å². The number of hydrogen-bond acceptors (Lipinski definition) is 3. The summed E-state index contributed by atoms with van der Waals surface area (Å²) in [6, 6.07) is 14.7. The van der Waals surface area contributed by atoms with Crippen molar-refractivity contribution in [1.82, 2.24) is 4.98 Å². The van der Waals surface area contributed by atoms with E-state index in [-0.39, 0.29) is 12.5 Å². The van der Waals surface area contributed by atoms with E-state index in [4.69, 9.17) is 23.2 Å². The maximum absolute atomic E-state index is 12.1. The summed E-state index contributed by atoms with van der Waals surface area (Å²) in [6.45, 7) is 0.0958. The lowest BCUT2D eigenvalue weighted by molar-refractivity contribution is -0.114. The van der Waals surface area contributed by atoms with Gasteiger partial charge in [-0.3, -0.25) is 9.78 Å². The van der Waals surface area contributed by atoms with Crippen LogP contribution < -0.4 is 10.6 Å². The first-order valence-corrected chi connectivity index (χ1v) is 7.72. The van der Waals surface area contributed by atoms with E-state index in [1.807, 2.05) is 30.3 Å². The second-order valence-electron chi connectivity index (χ2n) is 4.88. The van der Waals surface area contributed by atoms with Crippen LogP contribution in [-0.4, -0.2) is 17.4 Å². The predicted molar refractivity (Wildman–Crippen MR) is 95.3 cm³/mol. The molecule has 0 spiro atoms. The van der Waals surface area contributed by atoms with E-state index < -0.39 is 0 Å². The average molecular weight is 346 g/mol. The van der Waals surface area contributed by atoms with Gasteiger partial charge in [0, 0.05) is 11.6 Å². The predicted octanol–water partition coefficient (Wildman–Crippen LogP) is 4.59. The lowest BCUT2D eigenvalue weighted by Gasteiger charge is -2.11. The van der Waals surface area contributed by atoms with Gasteiger partial charge in [-0.25, -0.2) is 0 Å². The second-order valence-corrected chi connectivity index (χ2v) is 5.67. The standard InChI is InChI=1S/C17H13Cl2N3O/c18-12-6-2-7-13(16(12)19)22-15(23)10-21-14-8-1-4-11-5-3-9-20-17(11)14/h1-9,21H,10H2,(H,22,23). The van der Waals surface area contributed by atoms with Gasteiger partial charge < -0.3 is 10.6 Å². The number of nitrogens with zero attached hydrogens (tertiary/aromatic N) is 1. The highest BCUT2D eigenvalue weighted by atomic mass is 35.5. The van der Waals surface area contributed by atoms with Gasteiger partial charge in [-0.05, 0) is 24.3 Å². The number of aromatic nitrogens is 1. The van der Waals surface area contributed by atoms with Crippen molar-refractivity contribution in [3.05, 3.63) is 64.8 Å². The Labute approximate surface area is 143 Å². The van der Waals surface area contributed by atoms with Crippen molar-refractivity contribution >= 4 is 51.4 Å². The molecule has 0 aliphatic carbocycles. The number of fused-ring (bicyclic) bond motifs is 1. The Hall–Kier alpha value is -2.30. The van der Waals surface area contributed by atoms with Crippen LogP contribution in [0.5, 0.6) is 0 Å². The topological polar surface area (TPSA) is 54.0 Å². The Kier molecular flexibility index (Phi) is 4.65. The summed E-state index contributed by atoms with van der Waals surface area (Å²) >= 11 is 12.0. The molecule has 0 aliphatic heterocycles. The molecular formula is C17H13Cl2N3O. The molecule has 116 valence electrons. The molecule has 3 rings (SSSR count). The van der Waals surface area contributed by atoms with Crippen LogP contribution in [0.3, 0.4) is 0 Å². The van der Waals surface area contributed by atoms with E-state index in [1.54, 1.807) is 24.4 Å². The van der Waals surface area contributed by atoms with Gasteiger partial charge in [-0.15, -0.1) is 0 Å². The highest BCUT2D eigenvalue weighted by Crippen LogP contribution is 2.29. The van der Waals surface area contributed by atoms with Gasteiger partial charge >= 0.3 is 0 Å². The van der Waals surface area contributed by atoms with Gasteiger partial charge in [-0.2, -0.15) is 0 Å². The van der Waals surface area contributed by atoms with Crippen LogP contribution in [0.2, 0.25) is 10.0 Å². The first-order valence-electron chi connectivity index (χ1n) is 6.96. The third kappa shape index (κ3) is 3.55. The zero-order chi connectivity index (χ0) is 16.2. The molecule has 2 N–H and O–H groups in total. The number of amides is 1. The maximum Gasteiger partial charge on any atom is 0.243 e. The molecule has 0 saturated heterocycles. The Bertz CT molecular complexity index is 862. The van der Waals surface area contributed by atoms with Crippen molar-refractivity contribution in [3.8, 4) is 0 Å². The summed E-state index contributed by atoms with van der Waals surface area (Å²) in [5, 5.41) is 7.56. The first-order chi connectivity index (χ1) is 11.1. The molecule has 1 amide bonds. The lowest BCUT2D eigenvalue weighted by Crippen LogP contribution is -2.22. The number of rotatable bonds is 4. The molecule has 6 heteroatoms. The average Bonchev–Trinajstić information content (AvgIpc) is 2.57. The van der Waals surface area contributed by atoms with Crippen LogP contribution in [0.15, 0.2) is 54.7 Å². The monoisotopic (exact) mass is 345 g/mol. The van der Waals surface area contributed by atoms with Crippen LogP contribution in [-0.2, 0) is 4.79 Å². The van der Waals surface area contributed by atoms with Crippen molar-refractivity contribution in [2.45, 2.75) is 0 Å². The molecule has 0 atom stereocenters. The van der Waals surface area contributed by atoms with Crippen molar-refractivity contribution in [1.29, 1.82) is 0 Å². The van der Waals surface area contributed by atoms with Crippen molar-refractivity contribution in [3.63, 3.8) is 0 Å². The van der Waals surface area contributed by atoms with Crippen LogP contribution in [0, 0.1) is 0 Å². The molecule has 23 heavy (non-hydrogen) atoms. The smallest absolute Gasteiger partial charge is 0.243 e. The fraction of sp³-hybridized carbons (Fsp3) is 0.0588. The normalized spacial score (nSPS) is 10.5. The molecule has 1 heterocycles. The second kappa shape index (κ2) is 6.86.